The molecular weight excluding hydrogens is 260 g/mol. The van der Waals surface area contributed by atoms with Crippen molar-refractivity contribution in [2.75, 3.05) is 11.9 Å². The number of anilines is 1. The molecule has 0 aliphatic carbocycles. The Hall–Kier alpha value is -1.51. The van der Waals surface area contributed by atoms with Crippen LogP contribution in [0.25, 0.3) is 0 Å². The first-order valence-corrected chi connectivity index (χ1v) is 8.25. The van der Waals surface area contributed by atoms with Gasteiger partial charge in [0.25, 0.3) is 5.91 Å². The molecule has 1 aromatic carbocycles. The first kappa shape index (κ1) is 15.9. The monoisotopic (exact) mass is 288 g/mol. The second-order valence-electron chi connectivity index (χ2n) is 6.45. The molecule has 1 heterocycles. The van der Waals surface area contributed by atoms with E-state index >= 15 is 0 Å². The van der Waals surface area contributed by atoms with Crippen LogP contribution in [0.5, 0.6) is 0 Å². The Labute approximate surface area is 128 Å². The number of unbranched alkanes of at least 4 members (excludes halogenated alkanes) is 5. The number of nitrogens with one attached hydrogen (secondary N) is 1. The van der Waals surface area contributed by atoms with Crippen molar-refractivity contribution >= 4 is 11.6 Å². The van der Waals surface area contributed by atoms with E-state index < -0.39 is 0 Å². The van der Waals surface area contributed by atoms with Crippen molar-refractivity contribution < 1.29 is 4.79 Å². The number of hydrogen-bond acceptors (Lipinski definition) is 2. The largest absolute Gasteiger partial charge is 0.362 e. The molecule has 2 rings (SSSR count). The van der Waals surface area contributed by atoms with E-state index in [0.29, 0.717) is 0 Å². The molecule has 0 saturated carbocycles. The number of para-hydroxylation sites is 1. The third-order valence-electron chi connectivity index (χ3n) is 4.25. The Morgan fingerprint density at radius 3 is 2.48 bits per heavy atom. The Bertz CT molecular complexity index is 482. The number of hydrogen-bond donors (Lipinski definition) is 1. The van der Waals surface area contributed by atoms with Gasteiger partial charge in [-0.15, -0.1) is 0 Å². The molecule has 0 fully saturated rings. The minimum atomic E-state index is -0.311. The Balaban J connectivity index is 1.94. The molecule has 0 atom stereocenters. The minimum absolute atomic E-state index is 0.155. The fraction of sp³-hybridized carbons (Fsp3) is 0.611. The topological polar surface area (TPSA) is 32.3 Å². The maximum atomic E-state index is 12.7. The lowest BCUT2D eigenvalue weighted by molar-refractivity contribution is 0.0570. The van der Waals surface area contributed by atoms with Gasteiger partial charge in [-0.3, -0.25) is 4.79 Å². The van der Waals surface area contributed by atoms with E-state index in [1.165, 1.54) is 32.1 Å². The zero-order chi connectivity index (χ0) is 15.3. The predicted molar refractivity (Wildman–Crippen MR) is 88.6 cm³/mol. The van der Waals surface area contributed by atoms with Crippen LogP contribution in [0.3, 0.4) is 0 Å². The van der Waals surface area contributed by atoms with Gasteiger partial charge in [-0.1, -0.05) is 51.2 Å². The lowest BCUT2D eigenvalue weighted by atomic mass is 10.0. The van der Waals surface area contributed by atoms with Gasteiger partial charge in [0.2, 0.25) is 0 Å². The van der Waals surface area contributed by atoms with Gasteiger partial charge in [-0.2, -0.15) is 0 Å². The molecule has 1 aromatic rings. The van der Waals surface area contributed by atoms with Crippen LogP contribution in [0.15, 0.2) is 24.3 Å². The third kappa shape index (κ3) is 3.78. The molecule has 0 aromatic heterocycles. The van der Waals surface area contributed by atoms with E-state index in [1.54, 1.807) is 0 Å². The highest BCUT2D eigenvalue weighted by Crippen LogP contribution is 2.30. The van der Waals surface area contributed by atoms with Gasteiger partial charge < -0.3 is 10.2 Å². The zero-order valence-electron chi connectivity index (χ0n) is 13.6. The SMILES string of the molecule is CCCCCCCCN1C(=O)c2ccccc2NC1(C)C. The van der Waals surface area contributed by atoms with Crippen LogP contribution in [0.1, 0.15) is 69.7 Å². The summed E-state index contributed by atoms with van der Waals surface area (Å²) >= 11 is 0. The van der Waals surface area contributed by atoms with Gasteiger partial charge in [-0.05, 0) is 32.4 Å². The van der Waals surface area contributed by atoms with Crippen LogP contribution < -0.4 is 5.32 Å². The fourth-order valence-corrected chi connectivity index (χ4v) is 3.01. The molecule has 1 N–H and O–H groups in total. The number of nitrogens with zero attached hydrogens (tertiary/aromatic N) is 1. The molecule has 3 heteroatoms. The summed E-state index contributed by atoms with van der Waals surface area (Å²) in [5.41, 5.74) is 1.43. The molecule has 0 saturated heterocycles. The molecule has 3 nitrogen and oxygen atoms in total. The van der Waals surface area contributed by atoms with Crippen molar-refractivity contribution in [1.29, 1.82) is 0 Å². The zero-order valence-corrected chi connectivity index (χ0v) is 13.6. The summed E-state index contributed by atoms with van der Waals surface area (Å²) in [6.45, 7) is 7.23. The van der Waals surface area contributed by atoms with E-state index in [1.807, 2.05) is 29.2 Å². The lowest BCUT2D eigenvalue weighted by Gasteiger charge is -2.44. The number of amides is 1. The van der Waals surface area contributed by atoms with E-state index in [9.17, 15) is 4.79 Å². The summed E-state index contributed by atoms with van der Waals surface area (Å²) in [5.74, 6) is 0.155. The normalized spacial score (nSPS) is 16.5. The Kier molecular flexibility index (Phi) is 5.27. The molecule has 1 aliphatic rings. The van der Waals surface area contributed by atoms with E-state index in [0.717, 1.165) is 24.2 Å². The summed E-state index contributed by atoms with van der Waals surface area (Å²) in [6.07, 6.45) is 7.49. The van der Waals surface area contributed by atoms with Crippen molar-refractivity contribution in [3.8, 4) is 0 Å². The van der Waals surface area contributed by atoms with Crippen LogP contribution in [0.2, 0.25) is 0 Å². The van der Waals surface area contributed by atoms with Crippen LogP contribution in [0.4, 0.5) is 5.69 Å². The van der Waals surface area contributed by atoms with Gasteiger partial charge in [0.05, 0.1) is 5.56 Å². The Morgan fingerprint density at radius 1 is 1.05 bits per heavy atom. The Morgan fingerprint density at radius 2 is 1.71 bits per heavy atom. The number of benzene rings is 1. The van der Waals surface area contributed by atoms with Gasteiger partial charge >= 0.3 is 0 Å². The standard InChI is InChI=1S/C18H28N2O/c1-4-5-6-7-8-11-14-20-17(21)15-12-9-10-13-16(15)19-18(20,2)3/h9-10,12-13,19H,4-8,11,14H2,1-3H3. The van der Waals surface area contributed by atoms with Crippen LogP contribution in [0, 0.1) is 0 Å². The highest BCUT2D eigenvalue weighted by atomic mass is 16.2. The molecular formula is C18H28N2O. The van der Waals surface area contributed by atoms with Crippen molar-refractivity contribution in [2.45, 2.75) is 65.0 Å². The highest BCUT2D eigenvalue weighted by molar-refractivity contribution is 6.02. The molecule has 1 amide bonds. The van der Waals surface area contributed by atoms with E-state index in [-0.39, 0.29) is 11.6 Å². The molecule has 0 unspecified atom stereocenters. The second-order valence-corrected chi connectivity index (χ2v) is 6.45. The smallest absolute Gasteiger partial charge is 0.257 e. The fourth-order valence-electron chi connectivity index (χ4n) is 3.01. The second kappa shape index (κ2) is 6.97. The average molecular weight is 288 g/mol. The van der Waals surface area contributed by atoms with E-state index in [4.69, 9.17) is 0 Å². The maximum absolute atomic E-state index is 12.7. The summed E-state index contributed by atoms with van der Waals surface area (Å²) in [5, 5.41) is 3.48. The number of fused-ring (bicyclic) bond motifs is 1. The molecule has 21 heavy (non-hydrogen) atoms. The quantitative estimate of drug-likeness (QED) is 0.741. The van der Waals surface area contributed by atoms with Gasteiger partial charge in [-0.25, -0.2) is 0 Å². The molecule has 1 aliphatic heterocycles. The van der Waals surface area contributed by atoms with Crippen molar-refractivity contribution in [3.05, 3.63) is 29.8 Å². The van der Waals surface area contributed by atoms with Crippen molar-refractivity contribution in [1.82, 2.24) is 4.90 Å². The van der Waals surface area contributed by atoms with Crippen LogP contribution in [-0.2, 0) is 0 Å². The summed E-state index contributed by atoms with van der Waals surface area (Å²) in [7, 11) is 0. The van der Waals surface area contributed by atoms with Crippen LogP contribution >= 0.6 is 0 Å². The van der Waals surface area contributed by atoms with Crippen LogP contribution in [-0.4, -0.2) is 23.0 Å². The first-order valence-electron chi connectivity index (χ1n) is 8.25. The maximum Gasteiger partial charge on any atom is 0.257 e. The number of rotatable bonds is 7. The molecule has 0 radical (unpaired) electrons. The molecule has 0 spiro atoms. The van der Waals surface area contributed by atoms with Crippen molar-refractivity contribution in [2.24, 2.45) is 0 Å². The highest BCUT2D eigenvalue weighted by Gasteiger charge is 2.36. The first-order chi connectivity index (χ1) is 10.1. The van der Waals surface area contributed by atoms with Gasteiger partial charge in [0.15, 0.2) is 0 Å². The average Bonchev–Trinajstić information content (AvgIpc) is 2.45. The predicted octanol–water partition coefficient (Wildman–Crippen LogP) is 4.65. The summed E-state index contributed by atoms with van der Waals surface area (Å²) < 4.78 is 0. The van der Waals surface area contributed by atoms with Crippen molar-refractivity contribution in [3.63, 3.8) is 0 Å². The molecule has 116 valence electrons. The molecule has 0 bridgehead atoms. The number of carbonyl (C=O) groups is 1. The lowest BCUT2D eigenvalue weighted by Crippen LogP contribution is -2.56. The van der Waals surface area contributed by atoms with Gasteiger partial charge in [0.1, 0.15) is 5.66 Å². The van der Waals surface area contributed by atoms with E-state index in [2.05, 4.69) is 26.1 Å². The third-order valence-corrected chi connectivity index (χ3v) is 4.25. The summed E-state index contributed by atoms with van der Waals surface area (Å²) in [6, 6.07) is 7.80. The minimum Gasteiger partial charge on any atom is -0.362 e. The van der Waals surface area contributed by atoms with Gasteiger partial charge in [0, 0.05) is 12.2 Å². The number of carbonyl (C=O) groups excluding carboxylic acids is 1. The summed E-state index contributed by atoms with van der Waals surface area (Å²) in [4.78, 5) is 14.7.